The summed E-state index contributed by atoms with van der Waals surface area (Å²) in [5, 5.41) is 13.1. The fraction of sp³-hybridized carbons (Fsp3) is 0.125. The van der Waals surface area contributed by atoms with E-state index in [-0.39, 0.29) is 10.5 Å². The lowest BCUT2D eigenvalue weighted by Gasteiger charge is -2.25. The first-order valence-corrected chi connectivity index (χ1v) is 11.4. The van der Waals surface area contributed by atoms with Crippen molar-refractivity contribution in [2.24, 2.45) is 5.10 Å². The fourth-order valence-electron chi connectivity index (χ4n) is 3.25. The van der Waals surface area contributed by atoms with E-state index in [2.05, 4.69) is 10.5 Å². The SMILES string of the molecule is Cc1ccc(N(CC(=O)N/N=C\c2ccccc2C(=O)O)S(=O)(=O)c2ccccc2)c(C)c1. The standard InChI is InChI=1S/C24H23N3O5S/c1-17-12-13-22(18(2)14-17)27(33(31,32)20-9-4-3-5-10-20)16-23(28)26-25-15-19-8-6-7-11-21(19)24(29)30/h3-15H,16H2,1-2H3,(H,26,28)(H,29,30)/b25-15-. The number of aromatic carboxylic acids is 1. The molecule has 0 bridgehead atoms. The monoisotopic (exact) mass is 465 g/mol. The van der Waals surface area contributed by atoms with Crippen molar-refractivity contribution in [3.63, 3.8) is 0 Å². The Balaban J connectivity index is 1.88. The van der Waals surface area contributed by atoms with Crippen LogP contribution in [0.3, 0.4) is 0 Å². The number of hydrazone groups is 1. The number of benzene rings is 3. The Morgan fingerprint density at radius 2 is 1.67 bits per heavy atom. The highest BCUT2D eigenvalue weighted by Crippen LogP contribution is 2.27. The molecule has 9 heteroatoms. The number of nitrogens with one attached hydrogen (secondary N) is 1. The van der Waals surface area contributed by atoms with Gasteiger partial charge >= 0.3 is 5.97 Å². The third kappa shape index (κ3) is 5.64. The molecule has 8 nitrogen and oxygen atoms in total. The first-order valence-electron chi connectivity index (χ1n) is 9.99. The number of aryl methyl sites for hydroxylation is 2. The number of hydrogen-bond donors (Lipinski definition) is 2. The van der Waals surface area contributed by atoms with Gasteiger partial charge in [-0.05, 0) is 43.7 Å². The van der Waals surface area contributed by atoms with Crippen LogP contribution in [0.2, 0.25) is 0 Å². The number of anilines is 1. The van der Waals surface area contributed by atoms with E-state index in [9.17, 15) is 23.1 Å². The van der Waals surface area contributed by atoms with E-state index in [4.69, 9.17) is 0 Å². The summed E-state index contributed by atoms with van der Waals surface area (Å²) in [6, 6.07) is 19.3. The summed E-state index contributed by atoms with van der Waals surface area (Å²) in [5.74, 6) is -1.81. The molecule has 170 valence electrons. The topological polar surface area (TPSA) is 116 Å². The highest BCUT2D eigenvalue weighted by Gasteiger charge is 2.28. The molecular formula is C24H23N3O5S. The van der Waals surface area contributed by atoms with Gasteiger partial charge in [0.2, 0.25) is 0 Å². The van der Waals surface area contributed by atoms with Crippen LogP contribution in [-0.4, -0.2) is 38.2 Å². The Kier molecular flexibility index (Phi) is 7.24. The molecule has 0 aromatic heterocycles. The van der Waals surface area contributed by atoms with E-state index in [1.54, 1.807) is 55.5 Å². The number of amides is 1. The average Bonchev–Trinajstić information content (AvgIpc) is 2.78. The average molecular weight is 466 g/mol. The van der Waals surface area contributed by atoms with E-state index in [0.717, 1.165) is 9.87 Å². The molecular weight excluding hydrogens is 442 g/mol. The molecule has 0 aliphatic heterocycles. The minimum Gasteiger partial charge on any atom is -0.478 e. The maximum Gasteiger partial charge on any atom is 0.336 e. The van der Waals surface area contributed by atoms with Crippen LogP contribution in [0.4, 0.5) is 5.69 Å². The number of sulfonamides is 1. The van der Waals surface area contributed by atoms with Crippen LogP contribution in [0.15, 0.2) is 82.8 Å². The second kappa shape index (κ2) is 10.1. The minimum atomic E-state index is -4.04. The molecule has 0 unspecified atom stereocenters. The van der Waals surface area contributed by atoms with Gasteiger partial charge in [-0.3, -0.25) is 9.10 Å². The van der Waals surface area contributed by atoms with E-state index < -0.39 is 28.4 Å². The molecule has 0 heterocycles. The van der Waals surface area contributed by atoms with E-state index >= 15 is 0 Å². The molecule has 3 rings (SSSR count). The van der Waals surface area contributed by atoms with Gasteiger partial charge < -0.3 is 5.11 Å². The molecule has 1 amide bonds. The van der Waals surface area contributed by atoms with Crippen molar-refractivity contribution in [2.75, 3.05) is 10.8 Å². The van der Waals surface area contributed by atoms with Crippen LogP contribution >= 0.6 is 0 Å². The first kappa shape index (κ1) is 23.7. The molecule has 3 aromatic rings. The van der Waals surface area contributed by atoms with Crippen LogP contribution in [0.5, 0.6) is 0 Å². The molecule has 0 radical (unpaired) electrons. The number of carbonyl (C=O) groups excluding carboxylic acids is 1. The zero-order chi connectivity index (χ0) is 24.0. The predicted octanol–water partition coefficient (Wildman–Crippen LogP) is 3.35. The van der Waals surface area contributed by atoms with Gasteiger partial charge in [0.25, 0.3) is 15.9 Å². The molecule has 0 saturated heterocycles. The van der Waals surface area contributed by atoms with Gasteiger partial charge in [0, 0.05) is 5.56 Å². The lowest BCUT2D eigenvalue weighted by Crippen LogP contribution is -2.40. The van der Waals surface area contributed by atoms with Crippen molar-refractivity contribution in [3.05, 3.63) is 95.1 Å². The van der Waals surface area contributed by atoms with Crippen molar-refractivity contribution >= 4 is 33.8 Å². The summed E-state index contributed by atoms with van der Waals surface area (Å²) in [4.78, 5) is 24.0. The number of carboxylic acid groups (broad SMARTS) is 1. The van der Waals surface area contributed by atoms with Gasteiger partial charge in [-0.25, -0.2) is 18.6 Å². The molecule has 0 aliphatic rings. The van der Waals surface area contributed by atoms with Gasteiger partial charge in [0.1, 0.15) is 6.54 Å². The number of carboxylic acids is 1. The highest BCUT2D eigenvalue weighted by molar-refractivity contribution is 7.92. The zero-order valence-electron chi connectivity index (χ0n) is 18.1. The molecule has 0 saturated carbocycles. The van der Waals surface area contributed by atoms with E-state index in [1.165, 1.54) is 24.4 Å². The second-order valence-corrected chi connectivity index (χ2v) is 9.16. The molecule has 2 N–H and O–H groups in total. The Morgan fingerprint density at radius 1 is 1.00 bits per heavy atom. The number of nitrogens with zero attached hydrogens (tertiary/aromatic N) is 2. The normalized spacial score (nSPS) is 11.3. The molecule has 0 atom stereocenters. The summed E-state index contributed by atoms with van der Waals surface area (Å²) in [5.41, 5.74) is 4.64. The van der Waals surface area contributed by atoms with E-state index in [1.807, 2.05) is 13.0 Å². The zero-order valence-corrected chi connectivity index (χ0v) is 18.9. The Morgan fingerprint density at radius 3 is 2.33 bits per heavy atom. The van der Waals surface area contributed by atoms with Crippen LogP contribution in [0, 0.1) is 13.8 Å². The molecule has 0 aliphatic carbocycles. The van der Waals surface area contributed by atoms with Crippen LogP contribution in [0.1, 0.15) is 27.0 Å². The predicted molar refractivity (Wildman–Crippen MR) is 126 cm³/mol. The minimum absolute atomic E-state index is 0.0269. The van der Waals surface area contributed by atoms with Gasteiger partial charge in [-0.1, -0.05) is 54.1 Å². The van der Waals surface area contributed by atoms with Crippen molar-refractivity contribution < 1.29 is 23.1 Å². The van der Waals surface area contributed by atoms with Crippen LogP contribution in [0.25, 0.3) is 0 Å². The lowest BCUT2D eigenvalue weighted by molar-refractivity contribution is -0.119. The van der Waals surface area contributed by atoms with E-state index in [0.29, 0.717) is 16.8 Å². The van der Waals surface area contributed by atoms with Gasteiger partial charge in [-0.15, -0.1) is 0 Å². The Labute approximate surface area is 192 Å². The third-order valence-corrected chi connectivity index (χ3v) is 6.60. The van der Waals surface area contributed by atoms with Crippen LogP contribution < -0.4 is 9.73 Å². The number of rotatable bonds is 8. The fourth-order valence-corrected chi connectivity index (χ4v) is 4.76. The first-order chi connectivity index (χ1) is 15.7. The molecule has 3 aromatic carbocycles. The second-order valence-electron chi connectivity index (χ2n) is 7.30. The molecule has 33 heavy (non-hydrogen) atoms. The smallest absolute Gasteiger partial charge is 0.336 e. The van der Waals surface area contributed by atoms with Crippen molar-refractivity contribution in [1.29, 1.82) is 0 Å². The Bertz CT molecular complexity index is 1300. The van der Waals surface area contributed by atoms with Crippen LogP contribution in [-0.2, 0) is 14.8 Å². The highest BCUT2D eigenvalue weighted by atomic mass is 32.2. The van der Waals surface area contributed by atoms with Gasteiger partial charge in [0.15, 0.2) is 0 Å². The summed E-state index contributed by atoms with van der Waals surface area (Å²) < 4.78 is 27.8. The lowest BCUT2D eigenvalue weighted by atomic mass is 10.1. The van der Waals surface area contributed by atoms with Crippen molar-refractivity contribution in [1.82, 2.24) is 5.43 Å². The summed E-state index contributed by atoms with van der Waals surface area (Å²) in [6.07, 6.45) is 1.20. The summed E-state index contributed by atoms with van der Waals surface area (Å²) in [7, 11) is -4.04. The van der Waals surface area contributed by atoms with Crippen molar-refractivity contribution in [2.45, 2.75) is 18.7 Å². The molecule has 0 spiro atoms. The number of carbonyl (C=O) groups is 2. The molecule has 0 fully saturated rings. The third-order valence-electron chi connectivity index (χ3n) is 4.82. The maximum atomic E-state index is 13.4. The number of hydrogen-bond acceptors (Lipinski definition) is 5. The van der Waals surface area contributed by atoms with Crippen molar-refractivity contribution in [3.8, 4) is 0 Å². The summed E-state index contributed by atoms with van der Waals surface area (Å²) >= 11 is 0. The summed E-state index contributed by atoms with van der Waals surface area (Å²) in [6.45, 7) is 3.15. The Hall–Kier alpha value is -3.98. The maximum absolute atomic E-state index is 13.4. The van der Waals surface area contributed by atoms with Gasteiger partial charge in [-0.2, -0.15) is 5.10 Å². The largest absolute Gasteiger partial charge is 0.478 e. The van der Waals surface area contributed by atoms with Gasteiger partial charge in [0.05, 0.1) is 22.4 Å². The quantitative estimate of drug-likeness (QED) is 0.391.